The van der Waals surface area contributed by atoms with E-state index in [2.05, 4.69) is 34.1 Å². The summed E-state index contributed by atoms with van der Waals surface area (Å²) in [7, 11) is 0. The van der Waals surface area contributed by atoms with E-state index in [0.29, 0.717) is 37.2 Å². The van der Waals surface area contributed by atoms with Crippen molar-refractivity contribution in [3.8, 4) is 0 Å². The maximum Gasteiger partial charge on any atom is 0.255 e. The van der Waals surface area contributed by atoms with Crippen LogP contribution in [0.25, 0.3) is 0 Å². The van der Waals surface area contributed by atoms with E-state index in [1.54, 1.807) is 18.7 Å². The van der Waals surface area contributed by atoms with Gasteiger partial charge in [0.1, 0.15) is 0 Å². The quantitative estimate of drug-likeness (QED) is 0.509. The largest absolute Gasteiger partial charge is 0.390 e. The lowest BCUT2D eigenvalue weighted by atomic mass is 9.89. The number of aromatic nitrogens is 1. The van der Waals surface area contributed by atoms with Crippen LogP contribution in [0.2, 0.25) is 0 Å². The molecule has 10 heteroatoms. The van der Waals surface area contributed by atoms with E-state index in [0.717, 1.165) is 95.5 Å². The lowest BCUT2D eigenvalue weighted by molar-refractivity contribution is -0.130. The first-order valence-electron chi connectivity index (χ1n) is 16.7. The monoisotopic (exact) mass is 618 g/mol. The van der Waals surface area contributed by atoms with Crippen LogP contribution in [0.4, 0.5) is 0 Å². The van der Waals surface area contributed by atoms with Crippen LogP contribution in [0.5, 0.6) is 0 Å². The van der Waals surface area contributed by atoms with Crippen molar-refractivity contribution in [3.05, 3.63) is 64.5 Å². The van der Waals surface area contributed by atoms with Gasteiger partial charge in [-0.05, 0) is 67.2 Å². The maximum atomic E-state index is 13.3. The predicted molar refractivity (Wildman–Crippen MR) is 173 cm³/mol. The molecule has 0 radical (unpaired) electrons. The molecule has 1 atom stereocenters. The molecular weight excluding hydrogens is 568 g/mol. The highest BCUT2D eigenvalue weighted by Crippen LogP contribution is 2.25. The molecule has 2 fully saturated rings. The van der Waals surface area contributed by atoms with Gasteiger partial charge in [0.15, 0.2) is 0 Å². The van der Waals surface area contributed by atoms with Crippen LogP contribution in [-0.4, -0.2) is 112 Å². The molecule has 0 bridgehead atoms. The van der Waals surface area contributed by atoms with Crippen molar-refractivity contribution < 1.29 is 19.5 Å². The van der Waals surface area contributed by atoms with E-state index in [1.165, 1.54) is 11.1 Å². The first-order chi connectivity index (χ1) is 21.7. The zero-order valence-corrected chi connectivity index (χ0v) is 27.0. The van der Waals surface area contributed by atoms with Crippen LogP contribution in [0.1, 0.15) is 72.3 Å². The number of β-amino-alcohol motifs (C(OH)–C–C–N with tert-alkyl or cyclic N) is 1. The summed E-state index contributed by atoms with van der Waals surface area (Å²) >= 11 is 0. The molecule has 5 heterocycles. The summed E-state index contributed by atoms with van der Waals surface area (Å²) in [6, 6.07) is 10.8. The molecule has 0 aliphatic carbocycles. The van der Waals surface area contributed by atoms with Crippen molar-refractivity contribution >= 4 is 17.7 Å². The van der Waals surface area contributed by atoms with E-state index in [9.17, 15) is 19.5 Å². The maximum absolute atomic E-state index is 13.3. The summed E-state index contributed by atoms with van der Waals surface area (Å²) in [5.74, 6) is 0.815. The number of pyridine rings is 1. The Hall–Kier alpha value is -3.34. The third-order valence-electron chi connectivity index (χ3n) is 9.84. The van der Waals surface area contributed by atoms with Crippen LogP contribution in [-0.2, 0) is 35.4 Å². The van der Waals surface area contributed by atoms with Gasteiger partial charge in [0, 0.05) is 91.4 Å². The molecule has 1 aromatic carbocycles. The number of carbonyl (C=O) groups is 3. The van der Waals surface area contributed by atoms with Gasteiger partial charge >= 0.3 is 0 Å². The Kier molecular flexibility index (Phi) is 11.2. The summed E-state index contributed by atoms with van der Waals surface area (Å²) in [5.41, 5.74) is 11.0. The number of amides is 3. The number of nitrogens with zero attached hydrogens (tertiary/aromatic N) is 5. The minimum Gasteiger partial charge on any atom is -0.390 e. The first-order valence-corrected chi connectivity index (χ1v) is 16.7. The van der Waals surface area contributed by atoms with E-state index >= 15 is 0 Å². The summed E-state index contributed by atoms with van der Waals surface area (Å²) in [5, 5.41) is 10.8. The summed E-state index contributed by atoms with van der Waals surface area (Å²) in [4.78, 5) is 48.1. The number of nitrogens with two attached hydrogens (primary N) is 1. The second-order valence-corrected chi connectivity index (χ2v) is 13.2. The lowest BCUT2D eigenvalue weighted by Crippen LogP contribution is -2.46. The van der Waals surface area contributed by atoms with E-state index < -0.39 is 6.10 Å². The zero-order valence-electron chi connectivity index (χ0n) is 27.0. The number of likely N-dealkylation sites (tertiary alicyclic amines) is 2. The third kappa shape index (κ3) is 8.89. The SMILES string of the molecule is CC(=O)N1CCC(Cc2cnc3c(c2)C(=O)N(CC(O)CN2CCc4ccccc4C2)CC3)CC1.CC(=O)N1CCC(N)CC1. The van der Waals surface area contributed by atoms with Crippen molar-refractivity contribution in [1.82, 2.24) is 24.6 Å². The minimum atomic E-state index is -0.576. The molecule has 0 spiro atoms. The Morgan fingerprint density at radius 3 is 2.22 bits per heavy atom. The zero-order chi connectivity index (χ0) is 31.9. The van der Waals surface area contributed by atoms with Crippen molar-refractivity contribution in [2.75, 3.05) is 52.4 Å². The van der Waals surface area contributed by atoms with Crippen LogP contribution >= 0.6 is 0 Å². The highest BCUT2D eigenvalue weighted by Gasteiger charge is 2.29. The molecule has 2 saturated heterocycles. The molecule has 6 rings (SSSR count). The number of piperidine rings is 2. The fourth-order valence-corrected chi connectivity index (χ4v) is 7.04. The van der Waals surface area contributed by atoms with Gasteiger partial charge in [0.25, 0.3) is 5.91 Å². The standard InChI is InChI=1S/C28H36N4O3.C7H14N2O/c1-20(33)31-11-6-21(7-12-31)14-22-15-26-27(29-16-22)9-13-32(28(26)35)19-25(34)18-30-10-8-23-4-2-3-5-24(23)17-30;1-6(10)9-4-2-7(8)3-5-9/h2-5,15-16,21,25,34H,6-14,17-19H2,1H3;7H,2-5,8H2,1H3. The summed E-state index contributed by atoms with van der Waals surface area (Å²) in [6.45, 7) is 9.86. The second-order valence-electron chi connectivity index (χ2n) is 13.2. The predicted octanol–water partition coefficient (Wildman–Crippen LogP) is 2.26. The average molecular weight is 619 g/mol. The second kappa shape index (κ2) is 15.3. The molecule has 0 saturated carbocycles. The minimum absolute atomic E-state index is 0.0185. The van der Waals surface area contributed by atoms with Crippen molar-refractivity contribution in [2.45, 2.75) is 77.5 Å². The molecule has 1 aromatic heterocycles. The molecule has 45 heavy (non-hydrogen) atoms. The van der Waals surface area contributed by atoms with Crippen molar-refractivity contribution in [3.63, 3.8) is 0 Å². The number of hydrogen-bond acceptors (Lipinski definition) is 7. The number of carbonyl (C=O) groups excluding carboxylic acids is 3. The van der Waals surface area contributed by atoms with Crippen LogP contribution < -0.4 is 5.73 Å². The van der Waals surface area contributed by atoms with Gasteiger partial charge in [-0.25, -0.2) is 0 Å². The number of benzene rings is 1. The van der Waals surface area contributed by atoms with Gasteiger partial charge < -0.3 is 25.5 Å². The summed E-state index contributed by atoms with van der Waals surface area (Å²) < 4.78 is 0. The Balaban J connectivity index is 0.000000342. The highest BCUT2D eigenvalue weighted by molar-refractivity contribution is 5.96. The summed E-state index contributed by atoms with van der Waals surface area (Å²) in [6.07, 6.45) is 7.85. The van der Waals surface area contributed by atoms with E-state index in [-0.39, 0.29) is 17.7 Å². The topological polar surface area (TPSA) is 123 Å². The van der Waals surface area contributed by atoms with Gasteiger partial charge in [-0.3, -0.25) is 24.3 Å². The number of hydrogen-bond donors (Lipinski definition) is 2. The van der Waals surface area contributed by atoms with Crippen molar-refractivity contribution in [1.29, 1.82) is 0 Å². The van der Waals surface area contributed by atoms with Gasteiger partial charge in [-0.15, -0.1) is 0 Å². The van der Waals surface area contributed by atoms with Gasteiger partial charge in [-0.1, -0.05) is 24.3 Å². The highest BCUT2D eigenvalue weighted by atomic mass is 16.3. The Bertz CT molecular complexity index is 1340. The van der Waals surface area contributed by atoms with E-state index in [1.807, 2.05) is 22.1 Å². The third-order valence-corrected chi connectivity index (χ3v) is 9.84. The lowest BCUT2D eigenvalue weighted by Gasteiger charge is -2.34. The molecule has 3 N–H and O–H groups in total. The fraction of sp³-hybridized carbons (Fsp3) is 0.600. The molecule has 1 unspecified atom stereocenters. The Morgan fingerprint density at radius 1 is 0.911 bits per heavy atom. The average Bonchev–Trinajstić information content (AvgIpc) is 3.03. The van der Waals surface area contributed by atoms with Crippen LogP contribution in [0, 0.1) is 5.92 Å². The van der Waals surface area contributed by atoms with Crippen LogP contribution in [0.15, 0.2) is 36.5 Å². The number of rotatable bonds is 6. The number of fused-ring (bicyclic) bond motifs is 2. The molecule has 4 aliphatic rings. The molecule has 4 aliphatic heterocycles. The Labute approximate surface area is 267 Å². The van der Waals surface area contributed by atoms with Crippen LogP contribution in [0.3, 0.4) is 0 Å². The van der Waals surface area contributed by atoms with E-state index in [4.69, 9.17) is 5.73 Å². The number of aliphatic hydroxyl groups excluding tert-OH is 1. The van der Waals surface area contributed by atoms with Gasteiger partial charge in [0.2, 0.25) is 11.8 Å². The Morgan fingerprint density at radius 2 is 1.56 bits per heavy atom. The molecule has 3 amide bonds. The fourth-order valence-electron chi connectivity index (χ4n) is 7.04. The van der Waals surface area contributed by atoms with Crippen molar-refractivity contribution in [2.24, 2.45) is 11.7 Å². The first kappa shape index (κ1) is 33.0. The molecule has 10 nitrogen and oxygen atoms in total. The molecule has 244 valence electrons. The smallest absolute Gasteiger partial charge is 0.255 e. The number of aliphatic hydroxyl groups is 1. The normalized spacial score (nSPS) is 20.2. The molecule has 2 aromatic rings. The van der Waals surface area contributed by atoms with Gasteiger partial charge in [-0.2, -0.15) is 0 Å². The van der Waals surface area contributed by atoms with Gasteiger partial charge in [0.05, 0.1) is 17.4 Å². The molecular formula is C35H50N6O4.